The molecule has 3 aliphatic rings. The summed E-state index contributed by atoms with van der Waals surface area (Å²) in [7, 11) is 0. The minimum absolute atomic E-state index is 0.237. The number of morpholine rings is 1. The average molecular weight is 269 g/mol. The van der Waals surface area contributed by atoms with Crippen LogP contribution in [0.2, 0.25) is 0 Å². The molecule has 110 valence electrons. The van der Waals surface area contributed by atoms with E-state index in [0.717, 1.165) is 32.6 Å². The smallest absolute Gasteiger partial charge is 0.0868 e. The van der Waals surface area contributed by atoms with E-state index in [0.29, 0.717) is 12.1 Å². The summed E-state index contributed by atoms with van der Waals surface area (Å²) in [4.78, 5) is 2.57. The van der Waals surface area contributed by atoms with Crippen molar-refractivity contribution in [3.8, 4) is 0 Å². The Bertz CT molecular complexity index is 284. The molecule has 0 aromatic carbocycles. The summed E-state index contributed by atoms with van der Waals surface area (Å²) in [6.45, 7) is 4.07. The third kappa shape index (κ3) is 3.28. The molecule has 3 rings (SSSR count). The van der Waals surface area contributed by atoms with Crippen molar-refractivity contribution < 1.29 is 9.47 Å². The van der Waals surface area contributed by atoms with Crippen LogP contribution in [0.15, 0.2) is 0 Å². The van der Waals surface area contributed by atoms with Gasteiger partial charge in [0.05, 0.1) is 18.8 Å². The fourth-order valence-corrected chi connectivity index (χ4v) is 3.70. The summed E-state index contributed by atoms with van der Waals surface area (Å²) >= 11 is 0. The number of ether oxygens (including phenoxy) is 2. The fourth-order valence-electron chi connectivity index (χ4n) is 3.70. The molecule has 5 nitrogen and oxygen atoms in total. The van der Waals surface area contributed by atoms with Gasteiger partial charge in [-0.15, -0.1) is 0 Å². The molecule has 4 unspecified atom stereocenters. The normalized spacial score (nSPS) is 37.4. The summed E-state index contributed by atoms with van der Waals surface area (Å²) in [6.07, 6.45) is 7.85. The Balaban J connectivity index is 1.47. The molecule has 0 spiro atoms. The van der Waals surface area contributed by atoms with Crippen LogP contribution in [0.5, 0.6) is 0 Å². The summed E-state index contributed by atoms with van der Waals surface area (Å²) in [5.74, 6) is 5.74. The van der Waals surface area contributed by atoms with E-state index in [2.05, 4.69) is 10.3 Å². The summed E-state index contributed by atoms with van der Waals surface area (Å²) in [6, 6.07) is 0.915. The second-order valence-electron chi connectivity index (χ2n) is 6.15. The van der Waals surface area contributed by atoms with Gasteiger partial charge in [0.1, 0.15) is 0 Å². The number of hydrazine groups is 1. The lowest BCUT2D eigenvalue weighted by Crippen LogP contribution is -2.55. The van der Waals surface area contributed by atoms with E-state index < -0.39 is 0 Å². The number of hydrogen-bond acceptors (Lipinski definition) is 5. The highest BCUT2D eigenvalue weighted by atomic mass is 16.5. The van der Waals surface area contributed by atoms with Crippen LogP contribution in [0.25, 0.3) is 0 Å². The topological polar surface area (TPSA) is 59.8 Å². The van der Waals surface area contributed by atoms with Crippen molar-refractivity contribution in [2.75, 3.05) is 26.3 Å². The number of nitrogens with zero attached hydrogens (tertiary/aromatic N) is 1. The first-order chi connectivity index (χ1) is 9.36. The van der Waals surface area contributed by atoms with Gasteiger partial charge in [-0.3, -0.25) is 16.2 Å². The molecular formula is C14H27N3O2. The van der Waals surface area contributed by atoms with Crippen LogP contribution in [0, 0.1) is 0 Å². The van der Waals surface area contributed by atoms with Gasteiger partial charge in [-0.1, -0.05) is 0 Å². The van der Waals surface area contributed by atoms with Crippen molar-refractivity contribution in [3.63, 3.8) is 0 Å². The quantitative estimate of drug-likeness (QED) is 0.566. The first kappa shape index (κ1) is 13.8. The molecule has 0 aromatic rings. The number of hydrogen-bond donors (Lipinski definition) is 2. The minimum atomic E-state index is 0.237. The molecular weight excluding hydrogens is 242 g/mol. The van der Waals surface area contributed by atoms with Gasteiger partial charge in [0.2, 0.25) is 0 Å². The Labute approximate surface area is 115 Å². The Morgan fingerprint density at radius 2 is 2.21 bits per heavy atom. The van der Waals surface area contributed by atoms with Crippen molar-refractivity contribution in [1.29, 1.82) is 0 Å². The predicted octanol–water partition coefficient (Wildman–Crippen LogP) is 0.641. The molecule has 3 fully saturated rings. The van der Waals surface area contributed by atoms with Gasteiger partial charge >= 0.3 is 0 Å². The average Bonchev–Trinajstić information content (AvgIpc) is 3.09. The number of nitrogens with two attached hydrogens (primary N) is 1. The van der Waals surface area contributed by atoms with Gasteiger partial charge in [-0.2, -0.15) is 0 Å². The van der Waals surface area contributed by atoms with Crippen molar-refractivity contribution in [2.45, 2.75) is 62.8 Å². The van der Waals surface area contributed by atoms with Crippen molar-refractivity contribution in [2.24, 2.45) is 5.84 Å². The SMILES string of the molecule is NNC(CCC1CCCO1)C1CN2CCCC2CO1. The highest BCUT2D eigenvalue weighted by molar-refractivity contribution is 4.89. The molecule has 3 heterocycles. The van der Waals surface area contributed by atoms with Gasteiger partial charge in [0.15, 0.2) is 0 Å². The van der Waals surface area contributed by atoms with Gasteiger partial charge in [0.25, 0.3) is 0 Å². The molecule has 19 heavy (non-hydrogen) atoms. The second kappa shape index (κ2) is 6.50. The third-order valence-corrected chi connectivity index (χ3v) is 4.90. The van der Waals surface area contributed by atoms with Crippen LogP contribution in [0.4, 0.5) is 0 Å². The summed E-state index contributed by atoms with van der Waals surface area (Å²) in [5, 5.41) is 0. The van der Waals surface area contributed by atoms with Crippen molar-refractivity contribution in [1.82, 2.24) is 10.3 Å². The molecule has 0 aromatic heterocycles. The van der Waals surface area contributed by atoms with Crippen LogP contribution >= 0.6 is 0 Å². The molecule has 5 heteroatoms. The second-order valence-corrected chi connectivity index (χ2v) is 6.15. The van der Waals surface area contributed by atoms with Crippen LogP contribution in [-0.2, 0) is 9.47 Å². The van der Waals surface area contributed by atoms with Gasteiger partial charge < -0.3 is 9.47 Å². The van der Waals surface area contributed by atoms with E-state index >= 15 is 0 Å². The van der Waals surface area contributed by atoms with Crippen LogP contribution in [0.3, 0.4) is 0 Å². The van der Waals surface area contributed by atoms with E-state index in [1.165, 1.54) is 32.2 Å². The molecule has 4 atom stereocenters. The monoisotopic (exact) mass is 269 g/mol. The molecule has 0 radical (unpaired) electrons. The van der Waals surface area contributed by atoms with E-state index in [9.17, 15) is 0 Å². The molecule has 0 saturated carbocycles. The zero-order valence-electron chi connectivity index (χ0n) is 11.7. The summed E-state index contributed by atoms with van der Waals surface area (Å²) < 4.78 is 11.7. The van der Waals surface area contributed by atoms with Gasteiger partial charge in [0, 0.05) is 25.2 Å². The van der Waals surface area contributed by atoms with E-state index in [4.69, 9.17) is 15.3 Å². The van der Waals surface area contributed by atoms with Gasteiger partial charge in [-0.25, -0.2) is 0 Å². The maximum absolute atomic E-state index is 6.04. The van der Waals surface area contributed by atoms with Crippen LogP contribution in [0.1, 0.15) is 38.5 Å². The van der Waals surface area contributed by atoms with Gasteiger partial charge in [-0.05, 0) is 45.1 Å². The maximum Gasteiger partial charge on any atom is 0.0868 e. The largest absolute Gasteiger partial charge is 0.378 e. The molecule has 0 amide bonds. The zero-order valence-corrected chi connectivity index (χ0v) is 11.7. The predicted molar refractivity (Wildman–Crippen MR) is 73.7 cm³/mol. The molecule has 3 N–H and O–H groups in total. The lowest BCUT2D eigenvalue weighted by atomic mass is 10.0. The van der Waals surface area contributed by atoms with E-state index in [-0.39, 0.29) is 12.1 Å². The number of rotatable bonds is 5. The third-order valence-electron chi connectivity index (χ3n) is 4.90. The maximum atomic E-state index is 6.04. The number of nitrogens with one attached hydrogen (secondary N) is 1. The first-order valence-electron chi connectivity index (χ1n) is 7.80. The Morgan fingerprint density at radius 1 is 1.26 bits per heavy atom. The molecule has 3 aliphatic heterocycles. The van der Waals surface area contributed by atoms with Crippen LogP contribution in [-0.4, -0.2) is 55.5 Å². The fraction of sp³-hybridized carbons (Fsp3) is 1.00. The Hall–Kier alpha value is -0.200. The highest BCUT2D eigenvalue weighted by Gasteiger charge is 2.35. The van der Waals surface area contributed by atoms with Crippen LogP contribution < -0.4 is 11.3 Å². The standard InChI is InChI=1S/C14H27N3O2/c15-16-13(6-5-12-4-2-8-18-12)14-9-17-7-1-3-11(17)10-19-14/h11-14,16H,1-10,15H2. The number of fused-ring (bicyclic) bond motifs is 1. The summed E-state index contributed by atoms with van der Waals surface area (Å²) in [5.41, 5.74) is 2.97. The lowest BCUT2D eigenvalue weighted by Gasteiger charge is -2.38. The zero-order chi connectivity index (χ0) is 13.1. The minimum Gasteiger partial charge on any atom is -0.378 e. The van der Waals surface area contributed by atoms with Crippen molar-refractivity contribution in [3.05, 3.63) is 0 Å². The molecule has 3 saturated heterocycles. The molecule has 0 aliphatic carbocycles. The van der Waals surface area contributed by atoms with Crippen molar-refractivity contribution >= 4 is 0 Å². The lowest BCUT2D eigenvalue weighted by molar-refractivity contribution is -0.0672. The Kier molecular flexibility index (Phi) is 4.71. The highest BCUT2D eigenvalue weighted by Crippen LogP contribution is 2.25. The van der Waals surface area contributed by atoms with E-state index in [1.54, 1.807) is 0 Å². The Morgan fingerprint density at radius 3 is 3.00 bits per heavy atom. The molecule has 0 bridgehead atoms. The van der Waals surface area contributed by atoms with E-state index in [1.807, 2.05) is 0 Å². The first-order valence-corrected chi connectivity index (χ1v) is 7.80.